The molecular formula is C14H9F6N. The minimum Gasteiger partial charge on any atom is -0.260 e. The maximum atomic E-state index is 12.9. The highest BCUT2D eigenvalue weighted by molar-refractivity contribution is 5.33. The van der Waals surface area contributed by atoms with Crippen molar-refractivity contribution >= 4 is 0 Å². The van der Waals surface area contributed by atoms with Crippen LogP contribution in [-0.2, 0) is 18.8 Å². The fourth-order valence-corrected chi connectivity index (χ4v) is 1.82. The first-order valence-corrected chi connectivity index (χ1v) is 5.85. The maximum absolute atomic E-state index is 12.9. The number of hydrogen-bond acceptors (Lipinski definition) is 1. The molecule has 7 heteroatoms. The Bertz CT molecular complexity index is 616. The van der Waals surface area contributed by atoms with Crippen molar-refractivity contribution in [2.75, 3.05) is 0 Å². The summed E-state index contributed by atoms with van der Waals surface area (Å²) < 4.78 is 76.3. The summed E-state index contributed by atoms with van der Waals surface area (Å²) in [5, 5.41) is 0. The summed E-state index contributed by atoms with van der Waals surface area (Å²) in [7, 11) is 0. The summed E-state index contributed by atoms with van der Waals surface area (Å²) in [4.78, 5) is 3.37. The zero-order valence-electron chi connectivity index (χ0n) is 10.5. The molecule has 0 aliphatic rings. The van der Waals surface area contributed by atoms with Gasteiger partial charge in [-0.25, -0.2) is 0 Å². The summed E-state index contributed by atoms with van der Waals surface area (Å²) in [6.45, 7) is 0. The standard InChI is InChI=1S/C14H9F6N/c15-13(16,17)10-7-11(14(18,19)20)12(21-8-10)6-9-4-2-1-3-5-9/h1-5,7-8H,6H2. The van der Waals surface area contributed by atoms with Gasteiger partial charge in [-0.2, -0.15) is 26.3 Å². The third-order valence-electron chi connectivity index (χ3n) is 2.82. The molecule has 0 fully saturated rings. The maximum Gasteiger partial charge on any atom is 0.418 e. The van der Waals surface area contributed by atoms with E-state index < -0.39 is 29.2 Å². The predicted molar refractivity (Wildman–Crippen MR) is 63.5 cm³/mol. The molecule has 112 valence electrons. The Hall–Kier alpha value is -2.05. The minimum atomic E-state index is -4.89. The van der Waals surface area contributed by atoms with Crippen molar-refractivity contribution in [3.8, 4) is 0 Å². The molecule has 2 aromatic rings. The summed E-state index contributed by atoms with van der Waals surface area (Å²) in [6, 6.07) is 8.22. The second-order valence-electron chi connectivity index (χ2n) is 4.38. The molecule has 0 bridgehead atoms. The first-order chi connectivity index (χ1) is 9.68. The van der Waals surface area contributed by atoms with E-state index >= 15 is 0 Å². The largest absolute Gasteiger partial charge is 0.418 e. The summed E-state index contributed by atoms with van der Waals surface area (Å²) in [5.41, 5.74) is -2.66. The smallest absolute Gasteiger partial charge is 0.260 e. The molecule has 1 aromatic heterocycles. The van der Waals surface area contributed by atoms with E-state index in [-0.39, 0.29) is 12.5 Å². The van der Waals surface area contributed by atoms with Gasteiger partial charge in [0.1, 0.15) is 0 Å². The first-order valence-electron chi connectivity index (χ1n) is 5.85. The highest BCUT2D eigenvalue weighted by atomic mass is 19.4. The zero-order valence-corrected chi connectivity index (χ0v) is 10.5. The van der Waals surface area contributed by atoms with Gasteiger partial charge in [0.2, 0.25) is 0 Å². The Morgan fingerprint density at radius 1 is 0.857 bits per heavy atom. The van der Waals surface area contributed by atoms with Crippen LogP contribution in [0.1, 0.15) is 22.4 Å². The van der Waals surface area contributed by atoms with Gasteiger partial charge in [-0.3, -0.25) is 4.98 Å². The van der Waals surface area contributed by atoms with Gasteiger partial charge in [-0.1, -0.05) is 30.3 Å². The fourth-order valence-electron chi connectivity index (χ4n) is 1.82. The third-order valence-corrected chi connectivity index (χ3v) is 2.82. The Morgan fingerprint density at radius 3 is 2.00 bits per heavy atom. The van der Waals surface area contributed by atoms with E-state index in [1.165, 1.54) is 0 Å². The van der Waals surface area contributed by atoms with E-state index in [2.05, 4.69) is 4.98 Å². The van der Waals surface area contributed by atoms with Gasteiger partial charge in [0.15, 0.2) is 0 Å². The number of halogens is 6. The molecule has 0 saturated heterocycles. The average Bonchev–Trinajstić information content (AvgIpc) is 2.38. The molecule has 0 spiro atoms. The van der Waals surface area contributed by atoms with E-state index in [1.807, 2.05) is 0 Å². The average molecular weight is 305 g/mol. The van der Waals surface area contributed by atoms with Crippen LogP contribution in [-0.4, -0.2) is 4.98 Å². The van der Waals surface area contributed by atoms with E-state index in [0.717, 1.165) is 0 Å². The number of alkyl halides is 6. The van der Waals surface area contributed by atoms with E-state index in [9.17, 15) is 26.3 Å². The molecule has 21 heavy (non-hydrogen) atoms. The van der Waals surface area contributed by atoms with Gasteiger partial charge < -0.3 is 0 Å². The highest BCUT2D eigenvalue weighted by Gasteiger charge is 2.38. The predicted octanol–water partition coefficient (Wildman–Crippen LogP) is 4.71. The van der Waals surface area contributed by atoms with Crippen molar-refractivity contribution in [1.82, 2.24) is 4.98 Å². The first kappa shape index (κ1) is 15.3. The number of nitrogens with zero attached hydrogens (tertiary/aromatic N) is 1. The number of benzene rings is 1. The monoisotopic (exact) mass is 305 g/mol. The summed E-state index contributed by atoms with van der Waals surface area (Å²) in [5.74, 6) is 0. The van der Waals surface area contributed by atoms with Crippen molar-refractivity contribution in [3.63, 3.8) is 0 Å². The number of aromatic nitrogens is 1. The van der Waals surface area contributed by atoms with Gasteiger partial charge in [0.05, 0.1) is 16.8 Å². The second kappa shape index (κ2) is 5.38. The van der Waals surface area contributed by atoms with Crippen LogP contribution in [0.3, 0.4) is 0 Å². The van der Waals surface area contributed by atoms with Crippen molar-refractivity contribution in [2.24, 2.45) is 0 Å². The molecular weight excluding hydrogens is 296 g/mol. The van der Waals surface area contributed by atoms with Crippen LogP contribution >= 0.6 is 0 Å². The van der Waals surface area contributed by atoms with Crippen LogP contribution in [0.25, 0.3) is 0 Å². The zero-order chi connectivity index (χ0) is 15.7. The second-order valence-corrected chi connectivity index (χ2v) is 4.38. The molecule has 0 unspecified atom stereocenters. The van der Waals surface area contributed by atoms with Crippen LogP contribution in [0.15, 0.2) is 42.6 Å². The SMILES string of the molecule is FC(F)(F)c1cnc(Cc2ccccc2)c(C(F)(F)F)c1. The lowest BCUT2D eigenvalue weighted by atomic mass is 10.0. The lowest BCUT2D eigenvalue weighted by Crippen LogP contribution is -2.15. The Morgan fingerprint density at radius 2 is 1.48 bits per heavy atom. The molecule has 2 rings (SSSR count). The molecule has 0 radical (unpaired) electrons. The molecule has 1 aromatic carbocycles. The van der Waals surface area contributed by atoms with Gasteiger partial charge in [0, 0.05) is 12.6 Å². The Labute approximate surface area is 116 Å². The van der Waals surface area contributed by atoms with Crippen molar-refractivity contribution in [3.05, 3.63) is 65.0 Å². The van der Waals surface area contributed by atoms with Crippen LogP contribution in [0.5, 0.6) is 0 Å². The normalized spacial score (nSPS) is 12.5. The lowest BCUT2D eigenvalue weighted by Gasteiger charge is -2.15. The fraction of sp³-hybridized carbons (Fsp3) is 0.214. The number of hydrogen-bond donors (Lipinski definition) is 0. The molecule has 1 heterocycles. The highest BCUT2D eigenvalue weighted by Crippen LogP contribution is 2.36. The van der Waals surface area contributed by atoms with Crippen LogP contribution in [0.2, 0.25) is 0 Å². The van der Waals surface area contributed by atoms with Crippen LogP contribution in [0, 0.1) is 0 Å². The number of rotatable bonds is 2. The van der Waals surface area contributed by atoms with Crippen molar-refractivity contribution < 1.29 is 26.3 Å². The molecule has 0 N–H and O–H groups in total. The van der Waals surface area contributed by atoms with E-state index in [1.54, 1.807) is 30.3 Å². The molecule has 0 aliphatic carbocycles. The van der Waals surface area contributed by atoms with Crippen LogP contribution in [0.4, 0.5) is 26.3 Å². The molecule has 0 aliphatic heterocycles. The lowest BCUT2D eigenvalue weighted by molar-refractivity contribution is -0.143. The van der Waals surface area contributed by atoms with E-state index in [0.29, 0.717) is 11.8 Å². The van der Waals surface area contributed by atoms with Crippen molar-refractivity contribution in [2.45, 2.75) is 18.8 Å². The van der Waals surface area contributed by atoms with Crippen molar-refractivity contribution in [1.29, 1.82) is 0 Å². The van der Waals surface area contributed by atoms with Gasteiger partial charge in [0.25, 0.3) is 0 Å². The third kappa shape index (κ3) is 3.74. The topological polar surface area (TPSA) is 12.9 Å². The summed E-state index contributed by atoms with van der Waals surface area (Å²) in [6.07, 6.45) is -9.52. The number of pyridine rings is 1. The minimum absolute atomic E-state index is 0.102. The Balaban J connectivity index is 2.46. The van der Waals surface area contributed by atoms with Gasteiger partial charge in [-0.05, 0) is 11.6 Å². The molecule has 1 nitrogen and oxygen atoms in total. The van der Waals surface area contributed by atoms with Crippen LogP contribution < -0.4 is 0 Å². The van der Waals surface area contributed by atoms with E-state index in [4.69, 9.17) is 0 Å². The molecule has 0 amide bonds. The molecule has 0 atom stereocenters. The quantitative estimate of drug-likeness (QED) is 0.732. The molecule has 0 saturated carbocycles. The van der Waals surface area contributed by atoms with Gasteiger partial charge in [-0.15, -0.1) is 0 Å². The van der Waals surface area contributed by atoms with Gasteiger partial charge >= 0.3 is 12.4 Å². The summed E-state index contributed by atoms with van der Waals surface area (Å²) >= 11 is 0. The Kier molecular flexibility index (Phi) is 3.93.